The third-order valence-corrected chi connectivity index (χ3v) is 3.67. The quantitative estimate of drug-likeness (QED) is 0.924. The third-order valence-electron chi connectivity index (χ3n) is 3.67. The van der Waals surface area contributed by atoms with Crippen molar-refractivity contribution in [1.29, 1.82) is 0 Å². The molecule has 1 atom stereocenters. The van der Waals surface area contributed by atoms with Crippen molar-refractivity contribution < 1.29 is 23.4 Å². The van der Waals surface area contributed by atoms with Gasteiger partial charge in [-0.3, -0.25) is 10.1 Å². The lowest BCUT2D eigenvalue weighted by atomic mass is 10.2. The van der Waals surface area contributed by atoms with Gasteiger partial charge in [-0.25, -0.2) is 0 Å². The first-order valence-corrected chi connectivity index (χ1v) is 7.45. The fourth-order valence-electron chi connectivity index (χ4n) is 2.54. The van der Waals surface area contributed by atoms with Crippen molar-refractivity contribution in [2.75, 3.05) is 25.1 Å². The molecule has 1 N–H and O–H groups in total. The lowest BCUT2D eigenvalue weighted by Crippen LogP contribution is -2.17. The molecule has 2 aliphatic rings. The molecule has 4 rings (SSSR count). The van der Waals surface area contributed by atoms with Crippen LogP contribution in [0.5, 0.6) is 11.5 Å². The fraction of sp³-hybridized carbons (Fsp3) is 0.400. The number of amides is 1. The molecule has 8 nitrogen and oxygen atoms in total. The maximum Gasteiger partial charge on any atom is 0.322 e. The molecule has 0 saturated carbocycles. The number of aromatic nitrogens is 2. The van der Waals surface area contributed by atoms with Crippen LogP contribution < -0.4 is 14.8 Å². The normalized spacial score (nSPS) is 19.6. The number of nitrogens with zero attached hydrogens (tertiary/aromatic N) is 2. The summed E-state index contributed by atoms with van der Waals surface area (Å²) in [5.41, 5.74) is 0.422. The minimum Gasteiger partial charge on any atom is -0.486 e. The van der Waals surface area contributed by atoms with Crippen molar-refractivity contribution >= 4 is 11.9 Å². The first kappa shape index (κ1) is 14.0. The van der Waals surface area contributed by atoms with Crippen molar-refractivity contribution in [2.24, 2.45) is 0 Å². The van der Waals surface area contributed by atoms with Gasteiger partial charge in [0.25, 0.3) is 5.91 Å². The van der Waals surface area contributed by atoms with Crippen LogP contribution in [0.2, 0.25) is 0 Å². The molecule has 1 aromatic carbocycles. The van der Waals surface area contributed by atoms with E-state index in [1.165, 1.54) is 0 Å². The van der Waals surface area contributed by atoms with E-state index in [0.29, 0.717) is 42.8 Å². The van der Waals surface area contributed by atoms with E-state index in [-0.39, 0.29) is 18.0 Å². The van der Waals surface area contributed by atoms with E-state index in [4.69, 9.17) is 18.6 Å². The van der Waals surface area contributed by atoms with Crippen molar-refractivity contribution in [1.82, 2.24) is 10.2 Å². The minimum absolute atomic E-state index is 0.0513. The van der Waals surface area contributed by atoms with Gasteiger partial charge < -0.3 is 18.6 Å². The molecule has 0 spiro atoms. The van der Waals surface area contributed by atoms with Gasteiger partial charge >= 0.3 is 6.01 Å². The van der Waals surface area contributed by atoms with Gasteiger partial charge in [0.15, 0.2) is 11.5 Å². The average molecular weight is 317 g/mol. The lowest BCUT2D eigenvalue weighted by molar-refractivity contribution is 0.0893. The zero-order valence-corrected chi connectivity index (χ0v) is 12.3. The SMILES string of the molecule is O=C(Nc1nnc(C2CCCO2)o1)c1ccc2c(c1)OCCO2. The van der Waals surface area contributed by atoms with E-state index in [9.17, 15) is 4.79 Å². The lowest BCUT2D eigenvalue weighted by Gasteiger charge is -2.18. The Kier molecular flexibility index (Phi) is 3.58. The summed E-state index contributed by atoms with van der Waals surface area (Å²) in [5, 5.41) is 10.3. The van der Waals surface area contributed by atoms with Crippen LogP contribution in [0.15, 0.2) is 22.6 Å². The molecule has 1 fully saturated rings. The highest BCUT2D eigenvalue weighted by atomic mass is 16.6. The smallest absolute Gasteiger partial charge is 0.322 e. The van der Waals surface area contributed by atoms with E-state index in [2.05, 4.69) is 15.5 Å². The Labute approximate surface area is 131 Å². The number of anilines is 1. The molecule has 0 bridgehead atoms. The molecule has 2 aromatic rings. The second-order valence-electron chi connectivity index (χ2n) is 5.26. The Morgan fingerprint density at radius 3 is 2.83 bits per heavy atom. The van der Waals surface area contributed by atoms with Gasteiger partial charge in [-0.05, 0) is 31.0 Å². The van der Waals surface area contributed by atoms with Crippen molar-refractivity contribution in [3.8, 4) is 11.5 Å². The highest BCUT2D eigenvalue weighted by Crippen LogP contribution is 2.31. The molecule has 8 heteroatoms. The third kappa shape index (κ3) is 2.85. The summed E-state index contributed by atoms with van der Waals surface area (Å²) in [6, 6.07) is 5.03. The number of rotatable bonds is 3. The molecule has 0 aliphatic carbocycles. The van der Waals surface area contributed by atoms with Crippen LogP contribution in [0.1, 0.15) is 35.2 Å². The van der Waals surface area contributed by atoms with Crippen LogP contribution >= 0.6 is 0 Å². The molecular formula is C15H15N3O5. The van der Waals surface area contributed by atoms with Crippen molar-refractivity contribution in [3.05, 3.63) is 29.7 Å². The standard InChI is InChI=1S/C15H15N3O5/c19-13(9-3-4-10-12(8-9)22-7-6-21-10)16-15-18-17-14(23-15)11-2-1-5-20-11/h3-4,8,11H,1-2,5-7H2,(H,16,18,19). The largest absolute Gasteiger partial charge is 0.486 e. The minimum atomic E-state index is -0.357. The first-order chi connectivity index (χ1) is 11.3. The number of hydrogen-bond acceptors (Lipinski definition) is 7. The number of nitrogens with one attached hydrogen (secondary N) is 1. The Morgan fingerprint density at radius 1 is 1.13 bits per heavy atom. The van der Waals surface area contributed by atoms with Crippen molar-refractivity contribution in [2.45, 2.75) is 18.9 Å². The first-order valence-electron chi connectivity index (χ1n) is 7.45. The van der Waals surface area contributed by atoms with Gasteiger partial charge in [-0.1, -0.05) is 5.10 Å². The van der Waals surface area contributed by atoms with E-state index >= 15 is 0 Å². The predicted octanol–water partition coefficient (Wildman–Crippen LogP) is 1.94. The second kappa shape index (κ2) is 5.88. The van der Waals surface area contributed by atoms with E-state index < -0.39 is 0 Å². The van der Waals surface area contributed by atoms with Crippen molar-refractivity contribution in [3.63, 3.8) is 0 Å². The molecule has 23 heavy (non-hydrogen) atoms. The van der Waals surface area contributed by atoms with Gasteiger partial charge in [0.05, 0.1) is 0 Å². The Bertz CT molecular complexity index is 724. The zero-order chi connectivity index (χ0) is 15.6. The molecule has 1 unspecified atom stereocenters. The monoisotopic (exact) mass is 317 g/mol. The topological polar surface area (TPSA) is 95.7 Å². The Morgan fingerprint density at radius 2 is 2.00 bits per heavy atom. The molecule has 1 aromatic heterocycles. The summed E-state index contributed by atoms with van der Waals surface area (Å²) in [7, 11) is 0. The predicted molar refractivity (Wildman–Crippen MR) is 77.6 cm³/mol. The van der Waals surface area contributed by atoms with Gasteiger partial charge in [-0.15, -0.1) is 5.10 Å². The fourth-order valence-corrected chi connectivity index (χ4v) is 2.54. The summed E-state index contributed by atoms with van der Waals surface area (Å²) in [6.07, 6.45) is 1.63. The summed E-state index contributed by atoms with van der Waals surface area (Å²) in [5.74, 6) is 1.21. The molecule has 0 radical (unpaired) electrons. The average Bonchev–Trinajstić information content (AvgIpc) is 3.25. The van der Waals surface area contributed by atoms with E-state index in [1.807, 2.05) is 0 Å². The Hall–Kier alpha value is -2.61. The van der Waals surface area contributed by atoms with Crippen LogP contribution in [0.3, 0.4) is 0 Å². The van der Waals surface area contributed by atoms with Gasteiger partial charge in [0, 0.05) is 12.2 Å². The number of carbonyl (C=O) groups excluding carboxylic acids is 1. The van der Waals surface area contributed by atoms with E-state index in [0.717, 1.165) is 12.8 Å². The maximum absolute atomic E-state index is 12.3. The highest BCUT2D eigenvalue weighted by molar-refractivity contribution is 6.03. The molecular weight excluding hydrogens is 302 g/mol. The van der Waals surface area contributed by atoms with Crippen LogP contribution in [-0.4, -0.2) is 35.9 Å². The number of fused-ring (bicyclic) bond motifs is 1. The number of ether oxygens (including phenoxy) is 3. The van der Waals surface area contributed by atoms with E-state index in [1.54, 1.807) is 18.2 Å². The summed E-state index contributed by atoms with van der Waals surface area (Å²) >= 11 is 0. The van der Waals surface area contributed by atoms with Crippen LogP contribution in [0.25, 0.3) is 0 Å². The Balaban J connectivity index is 1.47. The molecule has 1 saturated heterocycles. The number of carbonyl (C=O) groups is 1. The summed E-state index contributed by atoms with van der Waals surface area (Å²) in [4.78, 5) is 12.3. The van der Waals surface area contributed by atoms with Crippen LogP contribution in [0, 0.1) is 0 Å². The van der Waals surface area contributed by atoms with Gasteiger partial charge in [0.2, 0.25) is 5.89 Å². The maximum atomic E-state index is 12.3. The molecule has 1 amide bonds. The van der Waals surface area contributed by atoms with Gasteiger partial charge in [-0.2, -0.15) is 0 Å². The van der Waals surface area contributed by atoms with Crippen LogP contribution in [0.4, 0.5) is 6.01 Å². The molecule has 3 heterocycles. The second-order valence-corrected chi connectivity index (χ2v) is 5.26. The van der Waals surface area contributed by atoms with Gasteiger partial charge in [0.1, 0.15) is 19.3 Å². The molecule has 120 valence electrons. The number of hydrogen-bond donors (Lipinski definition) is 1. The van der Waals surface area contributed by atoms with Crippen LogP contribution in [-0.2, 0) is 4.74 Å². The summed E-state index contributed by atoms with van der Waals surface area (Å²) in [6.45, 7) is 1.66. The molecule has 2 aliphatic heterocycles. The zero-order valence-electron chi connectivity index (χ0n) is 12.3. The highest BCUT2D eigenvalue weighted by Gasteiger charge is 2.24. The number of benzene rings is 1. The summed E-state index contributed by atoms with van der Waals surface area (Å²) < 4.78 is 21.8.